The lowest BCUT2D eigenvalue weighted by molar-refractivity contribution is -0.220. The molecule has 6 nitrogen and oxygen atoms in total. The van der Waals surface area contributed by atoms with Crippen LogP contribution in [0.25, 0.3) is 21.7 Å². The SMILES string of the molecule is CCS(=O)c1cc2c(cc1OC)CCn1c3c(c(-c4cncs4)c1-2)CCCCN(C(C)(C)C)OC3. The third-order valence-corrected chi connectivity index (χ3v) is 9.19. The Hall–Kier alpha value is -2.00. The molecule has 35 heavy (non-hydrogen) atoms. The third-order valence-electron chi connectivity index (χ3n) is 7.06. The summed E-state index contributed by atoms with van der Waals surface area (Å²) >= 11 is 1.69. The number of thiazole rings is 1. The highest BCUT2D eigenvalue weighted by Crippen LogP contribution is 2.47. The molecule has 0 spiro atoms. The van der Waals surface area contributed by atoms with Crippen LogP contribution in [0, 0.1) is 0 Å². The van der Waals surface area contributed by atoms with E-state index in [-0.39, 0.29) is 5.54 Å². The molecule has 8 heteroatoms. The van der Waals surface area contributed by atoms with Gasteiger partial charge in [0.15, 0.2) is 0 Å². The highest BCUT2D eigenvalue weighted by atomic mass is 32.2. The number of fused-ring (bicyclic) bond motifs is 5. The zero-order chi connectivity index (χ0) is 24.7. The van der Waals surface area contributed by atoms with Gasteiger partial charge in [0.1, 0.15) is 12.4 Å². The summed E-state index contributed by atoms with van der Waals surface area (Å²) in [5.74, 6) is 1.28. The first-order valence-electron chi connectivity index (χ1n) is 12.5. The van der Waals surface area contributed by atoms with E-state index in [1.165, 1.54) is 33.0 Å². The fraction of sp³-hybridized carbons (Fsp3) is 0.519. The van der Waals surface area contributed by atoms with E-state index >= 15 is 0 Å². The van der Waals surface area contributed by atoms with Crippen LogP contribution in [0.3, 0.4) is 0 Å². The van der Waals surface area contributed by atoms with Crippen molar-refractivity contribution in [1.82, 2.24) is 14.6 Å². The minimum Gasteiger partial charge on any atom is -0.495 e. The quantitative estimate of drug-likeness (QED) is 0.439. The topological polar surface area (TPSA) is 56.6 Å². The molecule has 188 valence electrons. The summed E-state index contributed by atoms with van der Waals surface area (Å²) in [6.07, 6.45) is 6.11. The molecule has 0 saturated heterocycles. The van der Waals surface area contributed by atoms with E-state index in [1.54, 1.807) is 18.4 Å². The Morgan fingerprint density at radius 2 is 2.03 bits per heavy atom. The number of aromatic nitrogens is 2. The highest BCUT2D eigenvalue weighted by molar-refractivity contribution is 7.85. The minimum absolute atomic E-state index is 0.0510. The van der Waals surface area contributed by atoms with E-state index < -0.39 is 10.8 Å². The van der Waals surface area contributed by atoms with Gasteiger partial charge in [0.25, 0.3) is 0 Å². The fourth-order valence-electron chi connectivity index (χ4n) is 5.33. The zero-order valence-electron chi connectivity index (χ0n) is 21.3. The van der Waals surface area contributed by atoms with Crippen molar-refractivity contribution in [2.75, 3.05) is 19.4 Å². The van der Waals surface area contributed by atoms with Gasteiger partial charge < -0.3 is 9.30 Å². The number of ether oxygens (including phenoxy) is 1. The number of aryl methyl sites for hydroxylation is 1. The number of hydrogen-bond acceptors (Lipinski definition) is 6. The molecule has 1 aromatic carbocycles. The summed E-state index contributed by atoms with van der Waals surface area (Å²) in [6, 6.07) is 4.22. The summed E-state index contributed by atoms with van der Waals surface area (Å²) in [6.45, 7) is 11.0. The zero-order valence-corrected chi connectivity index (χ0v) is 23.0. The molecule has 0 bridgehead atoms. The minimum atomic E-state index is -1.11. The van der Waals surface area contributed by atoms with Gasteiger partial charge >= 0.3 is 0 Å². The lowest BCUT2D eigenvalue weighted by atomic mass is 9.93. The molecule has 0 N–H and O–H groups in total. The van der Waals surface area contributed by atoms with Crippen LogP contribution in [0.4, 0.5) is 0 Å². The molecule has 4 heterocycles. The maximum absolute atomic E-state index is 12.9. The predicted octanol–water partition coefficient (Wildman–Crippen LogP) is 5.84. The van der Waals surface area contributed by atoms with Crippen molar-refractivity contribution in [3.63, 3.8) is 0 Å². The Morgan fingerprint density at radius 1 is 1.20 bits per heavy atom. The Balaban J connectivity index is 1.73. The van der Waals surface area contributed by atoms with Crippen LogP contribution in [0.5, 0.6) is 5.75 Å². The normalized spacial score (nSPS) is 17.5. The lowest BCUT2D eigenvalue weighted by Gasteiger charge is -2.34. The molecular formula is C27H35N3O3S2. The predicted molar refractivity (Wildman–Crippen MR) is 142 cm³/mol. The van der Waals surface area contributed by atoms with Crippen molar-refractivity contribution in [3.05, 3.63) is 40.7 Å². The molecule has 0 aliphatic carbocycles. The number of nitrogens with zero attached hydrogens (tertiary/aromatic N) is 3. The molecule has 0 fully saturated rings. The van der Waals surface area contributed by atoms with Gasteiger partial charge in [-0.15, -0.1) is 11.3 Å². The highest BCUT2D eigenvalue weighted by Gasteiger charge is 2.32. The molecule has 0 radical (unpaired) electrons. The van der Waals surface area contributed by atoms with Gasteiger partial charge in [0, 0.05) is 41.7 Å². The second-order valence-electron chi connectivity index (χ2n) is 10.2. The smallest absolute Gasteiger partial charge is 0.135 e. The van der Waals surface area contributed by atoms with Crippen molar-refractivity contribution < 1.29 is 13.8 Å². The molecule has 1 atom stereocenters. The summed E-state index contributed by atoms with van der Waals surface area (Å²) in [5.41, 5.74) is 9.39. The number of hydrogen-bond donors (Lipinski definition) is 0. The van der Waals surface area contributed by atoms with Crippen LogP contribution >= 0.6 is 11.3 Å². The van der Waals surface area contributed by atoms with Crippen LogP contribution in [0.2, 0.25) is 0 Å². The number of methoxy groups -OCH3 is 1. The average molecular weight is 514 g/mol. The van der Waals surface area contributed by atoms with Crippen LogP contribution in [0.1, 0.15) is 57.4 Å². The van der Waals surface area contributed by atoms with Crippen molar-refractivity contribution >= 4 is 22.1 Å². The standard InChI is InChI=1S/C27H35N3O3S2/c1-6-35(31)24-14-20-18(13-22(24)32-5)10-12-29-21-16-33-30(27(2,3)4)11-8-7-9-19(21)25(26(20)29)23-15-28-17-34-23/h13-15,17H,6-12,16H2,1-5H3. The average Bonchev–Trinajstić information content (AvgIpc) is 3.48. The van der Waals surface area contributed by atoms with Crippen LogP contribution in [-0.4, -0.2) is 43.8 Å². The Bertz CT molecular complexity index is 1240. The molecule has 2 aromatic heterocycles. The van der Waals surface area contributed by atoms with Crippen molar-refractivity contribution in [3.8, 4) is 27.4 Å². The van der Waals surface area contributed by atoms with E-state index in [2.05, 4.69) is 47.5 Å². The van der Waals surface area contributed by atoms with E-state index in [4.69, 9.17) is 9.57 Å². The lowest BCUT2D eigenvalue weighted by Crippen LogP contribution is -2.41. The molecule has 2 aliphatic heterocycles. The summed E-state index contributed by atoms with van der Waals surface area (Å²) < 4.78 is 21.1. The van der Waals surface area contributed by atoms with Gasteiger partial charge in [0.05, 0.1) is 44.6 Å². The Morgan fingerprint density at radius 3 is 2.71 bits per heavy atom. The molecule has 2 aliphatic rings. The monoisotopic (exact) mass is 513 g/mol. The maximum Gasteiger partial charge on any atom is 0.135 e. The molecular weight excluding hydrogens is 478 g/mol. The van der Waals surface area contributed by atoms with E-state index in [9.17, 15) is 4.21 Å². The van der Waals surface area contributed by atoms with Crippen molar-refractivity contribution in [1.29, 1.82) is 0 Å². The van der Waals surface area contributed by atoms with Crippen molar-refractivity contribution in [2.45, 2.75) is 77.0 Å². The molecule has 1 unspecified atom stereocenters. The van der Waals surface area contributed by atoms with Gasteiger partial charge in [-0.3, -0.25) is 14.0 Å². The van der Waals surface area contributed by atoms with Gasteiger partial charge in [0.2, 0.25) is 0 Å². The number of hydroxylamine groups is 2. The Kier molecular flexibility index (Phi) is 6.92. The van der Waals surface area contributed by atoms with Crippen LogP contribution in [0.15, 0.2) is 28.7 Å². The summed E-state index contributed by atoms with van der Waals surface area (Å²) in [7, 11) is 0.558. The van der Waals surface area contributed by atoms with Crippen LogP contribution in [-0.2, 0) is 41.6 Å². The number of rotatable bonds is 4. The second kappa shape index (κ2) is 9.81. The second-order valence-corrected chi connectivity index (χ2v) is 12.8. The molecule has 0 saturated carbocycles. The van der Waals surface area contributed by atoms with Crippen LogP contribution < -0.4 is 4.74 Å². The molecule has 0 amide bonds. The van der Waals surface area contributed by atoms with Gasteiger partial charge in [-0.25, -0.2) is 0 Å². The van der Waals surface area contributed by atoms with E-state index in [0.29, 0.717) is 12.4 Å². The summed E-state index contributed by atoms with van der Waals surface area (Å²) in [4.78, 5) is 12.9. The molecule has 3 aromatic rings. The van der Waals surface area contributed by atoms with Gasteiger partial charge in [-0.2, -0.15) is 5.06 Å². The van der Waals surface area contributed by atoms with Crippen molar-refractivity contribution in [2.24, 2.45) is 0 Å². The first-order chi connectivity index (χ1) is 16.8. The van der Waals surface area contributed by atoms with Gasteiger partial charge in [-0.05, 0) is 69.7 Å². The molecule has 5 rings (SSSR count). The maximum atomic E-state index is 12.9. The number of benzene rings is 1. The third kappa shape index (κ3) is 4.50. The van der Waals surface area contributed by atoms with Gasteiger partial charge in [-0.1, -0.05) is 6.92 Å². The van der Waals surface area contributed by atoms with E-state index in [0.717, 1.165) is 55.0 Å². The largest absolute Gasteiger partial charge is 0.495 e. The summed E-state index contributed by atoms with van der Waals surface area (Å²) in [5, 5.41) is 2.15. The first kappa shape index (κ1) is 24.7. The Labute approximate surface area is 214 Å². The first-order valence-corrected chi connectivity index (χ1v) is 14.7. The fourth-order valence-corrected chi connectivity index (χ4v) is 6.95. The van der Waals surface area contributed by atoms with E-state index in [1.807, 2.05) is 18.6 Å².